The number of nitrogens with one attached hydrogen (secondary N) is 1. The lowest BCUT2D eigenvalue weighted by Gasteiger charge is -2.10. The van der Waals surface area contributed by atoms with Crippen molar-refractivity contribution in [1.29, 1.82) is 0 Å². The number of hydrogen-bond acceptors (Lipinski definition) is 5. The van der Waals surface area contributed by atoms with E-state index in [9.17, 15) is 0 Å². The van der Waals surface area contributed by atoms with Crippen molar-refractivity contribution >= 4 is 16.9 Å². The highest BCUT2D eigenvalue weighted by Gasteiger charge is 2.07. The summed E-state index contributed by atoms with van der Waals surface area (Å²) in [6.07, 6.45) is 4.43. The zero-order valence-electron chi connectivity index (χ0n) is 11.5. The molecule has 0 saturated carbocycles. The Morgan fingerprint density at radius 2 is 2.00 bits per heavy atom. The summed E-state index contributed by atoms with van der Waals surface area (Å²) < 4.78 is 0. The number of nitrogens with zero attached hydrogens (tertiary/aromatic N) is 3. The fourth-order valence-corrected chi connectivity index (χ4v) is 2.16. The Bertz CT molecular complexity index is 556. The highest BCUT2D eigenvalue weighted by atomic mass is 16.2. The third-order valence-electron chi connectivity index (χ3n) is 3.06. The average molecular weight is 260 g/mol. The van der Waals surface area contributed by atoms with Crippen molar-refractivity contribution in [2.45, 2.75) is 33.1 Å². The summed E-state index contributed by atoms with van der Waals surface area (Å²) >= 11 is 0. The monoisotopic (exact) mass is 260 g/mol. The highest BCUT2D eigenvalue weighted by molar-refractivity contribution is 5.89. The maximum absolute atomic E-state index is 8.74. The lowest BCUT2D eigenvalue weighted by molar-refractivity contribution is 0.283. The fourth-order valence-electron chi connectivity index (χ4n) is 2.16. The molecule has 19 heavy (non-hydrogen) atoms. The standard InChI is InChI=1S/C14H20N4O/c1-10-8-11(2)18-14-12(10)13(16-9-17-14)15-6-4-3-5-7-19/h8-9,19H,3-7H2,1-2H3,(H,15,16,17,18). The van der Waals surface area contributed by atoms with Gasteiger partial charge in [0.2, 0.25) is 0 Å². The second-order valence-electron chi connectivity index (χ2n) is 4.71. The molecule has 5 heteroatoms. The molecule has 2 aromatic rings. The predicted octanol–water partition coefficient (Wildman–Crippen LogP) is 2.22. The molecule has 2 rings (SSSR count). The van der Waals surface area contributed by atoms with E-state index < -0.39 is 0 Å². The Morgan fingerprint density at radius 3 is 2.79 bits per heavy atom. The van der Waals surface area contributed by atoms with E-state index in [2.05, 4.69) is 27.2 Å². The van der Waals surface area contributed by atoms with Gasteiger partial charge in [0, 0.05) is 18.8 Å². The van der Waals surface area contributed by atoms with Gasteiger partial charge in [-0.25, -0.2) is 15.0 Å². The van der Waals surface area contributed by atoms with Crippen LogP contribution in [0.15, 0.2) is 12.4 Å². The Hall–Kier alpha value is -1.75. The normalized spacial score (nSPS) is 10.9. The van der Waals surface area contributed by atoms with Crippen LogP contribution in [0.5, 0.6) is 0 Å². The van der Waals surface area contributed by atoms with Crippen molar-refractivity contribution in [1.82, 2.24) is 15.0 Å². The van der Waals surface area contributed by atoms with Gasteiger partial charge in [-0.05, 0) is 44.7 Å². The maximum atomic E-state index is 8.74. The van der Waals surface area contributed by atoms with Crippen LogP contribution in [0.4, 0.5) is 5.82 Å². The van der Waals surface area contributed by atoms with E-state index in [-0.39, 0.29) is 6.61 Å². The third-order valence-corrected chi connectivity index (χ3v) is 3.06. The van der Waals surface area contributed by atoms with Crippen molar-refractivity contribution < 1.29 is 5.11 Å². The van der Waals surface area contributed by atoms with Crippen LogP contribution >= 0.6 is 0 Å². The molecule has 0 aliphatic rings. The number of fused-ring (bicyclic) bond motifs is 1. The Labute approximate surface area is 113 Å². The first-order valence-corrected chi connectivity index (χ1v) is 6.66. The molecule has 0 amide bonds. The zero-order chi connectivity index (χ0) is 13.7. The maximum Gasteiger partial charge on any atom is 0.165 e. The molecule has 2 N–H and O–H groups in total. The van der Waals surface area contributed by atoms with Crippen molar-refractivity contribution in [2.24, 2.45) is 0 Å². The topological polar surface area (TPSA) is 70.9 Å². The van der Waals surface area contributed by atoms with Crippen LogP contribution in [0.1, 0.15) is 30.5 Å². The number of rotatable bonds is 6. The Kier molecular flexibility index (Phi) is 4.63. The molecule has 0 spiro atoms. The minimum atomic E-state index is 0.263. The number of pyridine rings is 1. The van der Waals surface area contributed by atoms with Crippen LogP contribution in [0.2, 0.25) is 0 Å². The summed E-state index contributed by atoms with van der Waals surface area (Å²) in [5, 5.41) is 13.1. The Balaban J connectivity index is 2.14. The van der Waals surface area contributed by atoms with Gasteiger partial charge in [0.15, 0.2) is 5.65 Å². The number of aromatic nitrogens is 3. The van der Waals surface area contributed by atoms with Crippen LogP contribution in [-0.4, -0.2) is 33.2 Å². The smallest absolute Gasteiger partial charge is 0.165 e. The molecule has 0 saturated heterocycles. The van der Waals surface area contributed by atoms with Crippen LogP contribution in [0.25, 0.3) is 11.0 Å². The van der Waals surface area contributed by atoms with Crippen molar-refractivity contribution in [3.8, 4) is 0 Å². The summed E-state index contributed by atoms with van der Waals surface area (Å²) in [6, 6.07) is 2.04. The molecule has 102 valence electrons. The predicted molar refractivity (Wildman–Crippen MR) is 76.2 cm³/mol. The summed E-state index contributed by atoms with van der Waals surface area (Å²) in [5.74, 6) is 0.846. The summed E-state index contributed by atoms with van der Waals surface area (Å²) in [6.45, 7) is 5.13. The molecule has 0 aliphatic carbocycles. The minimum Gasteiger partial charge on any atom is -0.396 e. The first-order valence-electron chi connectivity index (χ1n) is 6.66. The van der Waals surface area contributed by atoms with Gasteiger partial charge in [0.25, 0.3) is 0 Å². The van der Waals surface area contributed by atoms with Crippen LogP contribution in [0, 0.1) is 13.8 Å². The first-order chi connectivity index (χ1) is 9.22. The van der Waals surface area contributed by atoms with Gasteiger partial charge in [-0.2, -0.15) is 0 Å². The molecular formula is C14H20N4O. The molecule has 2 heterocycles. The SMILES string of the molecule is Cc1cc(C)c2c(NCCCCCO)ncnc2n1. The highest BCUT2D eigenvalue weighted by Crippen LogP contribution is 2.22. The molecule has 0 aromatic carbocycles. The molecule has 2 aromatic heterocycles. The Morgan fingerprint density at radius 1 is 1.16 bits per heavy atom. The van der Waals surface area contributed by atoms with Crippen LogP contribution in [0.3, 0.4) is 0 Å². The molecule has 0 unspecified atom stereocenters. The largest absolute Gasteiger partial charge is 0.396 e. The lowest BCUT2D eigenvalue weighted by atomic mass is 10.1. The second kappa shape index (κ2) is 6.43. The van der Waals surface area contributed by atoms with E-state index >= 15 is 0 Å². The van der Waals surface area contributed by atoms with E-state index in [0.29, 0.717) is 0 Å². The van der Waals surface area contributed by atoms with Gasteiger partial charge in [-0.15, -0.1) is 0 Å². The quantitative estimate of drug-likeness (QED) is 0.779. The van der Waals surface area contributed by atoms with E-state index in [0.717, 1.165) is 53.9 Å². The van der Waals surface area contributed by atoms with Crippen LogP contribution < -0.4 is 5.32 Å². The molecule has 0 atom stereocenters. The van der Waals surface area contributed by atoms with Gasteiger partial charge in [-0.3, -0.25) is 0 Å². The summed E-state index contributed by atoms with van der Waals surface area (Å²) in [5.41, 5.74) is 2.85. The van der Waals surface area contributed by atoms with E-state index in [1.807, 2.05) is 13.0 Å². The summed E-state index contributed by atoms with van der Waals surface area (Å²) in [4.78, 5) is 13.0. The molecule has 0 fully saturated rings. The van der Waals surface area contributed by atoms with Gasteiger partial charge in [0.05, 0.1) is 5.39 Å². The van der Waals surface area contributed by atoms with Crippen molar-refractivity contribution in [2.75, 3.05) is 18.5 Å². The van der Waals surface area contributed by atoms with E-state index in [1.165, 1.54) is 0 Å². The first kappa shape index (κ1) is 13.7. The number of unbranched alkanes of at least 4 members (excludes halogenated alkanes) is 2. The second-order valence-corrected chi connectivity index (χ2v) is 4.71. The minimum absolute atomic E-state index is 0.263. The third kappa shape index (κ3) is 3.38. The van der Waals surface area contributed by atoms with Gasteiger partial charge in [0.1, 0.15) is 12.1 Å². The van der Waals surface area contributed by atoms with Crippen LogP contribution in [-0.2, 0) is 0 Å². The lowest BCUT2D eigenvalue weighted by Crippen LogP contribution is -2.06. The molecule has 0 radical (unpaired) electrons. The summed E-state index contributed by atoms with van der Waals surface area (Å²) in [7, 11) is 0. The van der Waals surface area contributed by atoms with Gasteiger partial charge >= 0.3 is 0 Å². The molecular weight excluding hydrogens is 240 g/mol. The molecule has 5 nitrogen and oxygen atoms in total. The van der Waals surface area contributed by atoms with Crippen molar-refractivity contribution in [3.05, 3.63) is 23.7 Å². The number of aryl methyl sites for hydroxylation is 2. The zero-order valence-corrected chi connectivity index (χ0v) is 11.5. The molecule has 0 bridgehead atoms. The van der Waals surface area contributed by atoms with Gasteiger partial charge in [-0.1, -0.05) is 0 Å². The average Bonchev–Trinajstić information content (AvgIpc) is 2.37. The number of anilines is 1. The van der Waals surface area contributed by atoms with E-state index in [1.54, 1.807) is 6.33 Å². The fraction of sp³-hybridized carbons (Fsp3) is 0.500. The van der Waals surface area contributed by atoms with E-state index in [4.69, 9.17) is 5.11 Å². The van der Waals surface area contributed by atoms with Gasteiger partial charge < -0.3 is 10.4 Å². The number of hydrogen-bond donors (Lipinski definition) is 2. The molecule has 0 aliphatic heterocycles. The number of aliphatic hydroxyl groups excluding tert-OH is 1. The number of aliphatic hydroxyl groups is 1. The van der Waals surface area contributed by atoms with Crippen molar-refractivity contribution in [3.63, 3.8) is 0 Å².